The molecule has 1 aromatic heterocycles. The molecule has 0 unspecified atom stereocenters. The van der Waals surface area contributed by atoms with E-state index in [1.54, 1.807) is 6.33 Å². The number of nitrogens with zero attached hydrogens (tertiary/aromatic N) is 2. The number of rotatable bonds is 8. The van der Waals surface area contributed by atoms with E-state index in [9.17, 15) is 0 Å². The first kappa shape index (κ1) is 16.1. The predicted molar refractivity (Wildman–Crippen MR) is 90.9 cm³/mol. The van der Waals surface area contributed by atoms with E-state index in [-0.39, 0.29) is 0 Å². The molecule has 0 aliphatic rings. The Balaban J connectivity index is 2.04. The molecule has 118 valence electrons. The average Bonchev–Trinajstić information content (AvgIpc) is 2.50. The van der Waals surface area contributed by atoms with Crippen molar-refractivity contribution in [3.8, 4) is 5.75 Å². The zero-order valence-electron chi connectivity index (χ0n) is 13.5. The molecule has 2 N–H and O–H groups in total. The Morgan fingerprint density at radius 1 is 1.14 bits per heavy atom. The standard InChI is InChI=1S/C17H24N4O/c1-4-22-15-8-6-5-7-14(15)21-17-11-16(19-12-20-17)18-10-9-13(2)3/h5-8,11-13H,4,9-10H2,1-3H3,(H2,18,19,20,21). The quantitative estimate of drug-likeness (QED) is 0.769. The van der Waals surface area contributed by atoms with E-state index >= 15 is 0 Å². The largest absolute Gasteiger partial charge is 0.492 e. The molecule has 2 aromatic rings. The normalized spacial score (nSPS) is 10.5. The Labute approximate surface area is 132 Å². The second-order valence-electron chi connectivity index (χ2n) is 5.45. The van der Waals surface area contributed by atoms with Crippen molar-refractivity contribution < 1.29 is 4.74 Å². The number of hydrogen-bond acceptors (Lipinski definition) is 5. The summed E-state index contributed by atoms with van der Waals surface area (Å²) in [6.07, 6.45) is 2.67. The molecule has 0 atom stereocenters. The third kappa shape index (κ3) is 4.91. The zero-order valence-corrected chi connectivity index (χ0v) is 13.5. The number of para-hydroxylation sites is 2. The van der Waals surface area contributed by atoms with Gasteiger partial charge in [-0.05, 0) is 31.4 Å². The Morgan fingerprint density at radius 3 is 2.68 bits per heavy atom. The molecule has 0 saturated carbocycles. The Hall–Kier alpha value is -2.30. The summed E-state index contributed by atoms with van der Waals surface area (Å²) >= 11 is 0. The van der Waals surface area contributed by atoms with Gasteiger partial charge in [0, 0.05) is 12.6 Å². The Morgan fingerprint density at radius 2 is 1.91 bits per heavy atom. The smallest absolute Gasteiger partial charge is 0.142 e. The molecule has 0 spiro atoms. The highest BCUT2D eigenvalue weighted by atomic mass is 16.5. The third-order valence-corrected chi connectivity index (χ3v) is 3.14. The van der Waals surface area contributed by atoms with Crippen LogP contribution in [0, 0.1) is 5.92 Å². The minimum absolute atomic E-state index is 0.629. The maximum Gasteiger partial charge on any atom is 0.142 e. The van der Waals surface area contributed by atoms with Crippen LogP contribution in [-0.4, -0.2) is 23.1 Å². The summed E-state index contributed by atoms with van der Waals surface area (Å²) in [5, 5.41) is 6.60. The van der Waals surface area contributed by atoms with E-state index in [4.69, 9.17) is 4.74 Å². The van der Waals surface area contributed by atoms with Crippen LogP contribution in [0.5, 0.6) is 5.75 Å². The van der Waals surface area contributed by atoms with E-state index in [0.29, 0.717) is 12.5 Å². The van der Waals surface area contributed by atoms with Gasteiger partial charge in [-0.2, -0.15) is 0 Å². The second kappa shape index (κ2) is 8.22. The molecule has 0 aliphatic heterocycles. The van der Waals surface area contributed by atoms with Crippen LogP contribution in [0.3, 0.4) is 0 Å². The molecule has 0 fully saturated rings. The number of hydrogen-bond donors (Lipinski definition) is 2. The molecule has 5 heteroatoms. The van der Waals surface area contributed by atoms with Gasteiger partial charge in [0.25, 0.3) is 0 Å². The Bertz CT molecular complexity index is 586. The molecule has 0 saturated heterocycles. The molecule has 5 nitrogen and oxygen atoms in total. The zero-order chi connectivity index (χ0) is 15.8. The summed E-state index contributed by atoms with van der Waals surface area (Å²) in [5.74, 6) is 3.06. The maximum atomic E-state index is 5.61. The lowest BCUT2D eigenvalue weighted by molar-refractivity contribution is 0.342. The van der Waals surface area contributed by atoms with Gasteiger partial charge in [0.2, 0.25) is 0 Å². The van der Waals surface area contributed by atoms with Crippen molar-refractivity contribution in [2.24, 2.45) is 5.92 Å². The van der Waals surface area contributed by atoms with Crippen molar-refractivity contribution in [1.29, 1.82) is 0 Å². The number of ether oxygens (including phenoxy) is 1. The topological polar surface area (TPSA) is 59.1 Å². The van der Waals surface area contributed by atoms with E-state index in [1.807, 2.05) is 37.3 Å². The lowest BCUT2D eigenvalue weighted by Crippen LogP contribution is -2.07. The minimum Gasteiger partial charge on any atom is -0.492 e. The first-order valence-corrected chi connectivity index (χ1v) is 7.73. The van der Waals surface area contributed by atoms with Gasteiger partial charge in [-0.1, -0.05) is 26.0 Å². The summed E-state index contributed by atoms with van der Waals surface area (Å²) in [7, 11) is 0. The summed E-state index contributed by atoms with van der Waals surface area (Å²) in [5.41, 5.74) is 0.899. The molecule has 22 heavy (non-hydrogen) atoms. The lowest BCUT2D eigenvalue weighted by Gasteiger charge is -2.12. The molecule has 0 bridgehead atoms. The van der Waals surface area contributed by atoms with Crippen molar-refractivity contribution >= 4 is 17.3 Å². The van der Waals surface area contributed by atoms with Crippen LogP contribution in [0.25, 0.3) is 0 Å². The highest BCUT2D eigenvalue weighted by molar-refractivity contribution is 5.65. The summed E-state index contributed by atoms with van der Waals surface area (Å²) in [4.78, 5) is 8.50. The molecule has 2 rings (SSSR count). The van der Waals surface area contributed by atoms with Gasteiger partial charge >= 0.3 is 0 Å². The second-order valence-corrected chi connectivity index (χ2v) is 5.45. The fraction of sp³-hybridized carbons (Fsp3) is 0.412. The number of benzene rings is 1. The van der Waals surface area contributed by atoms with E-state index in [0.717, 1.165) is 36.0 Å². The van der Waals surface area contributed by atoms with Gasteiger partial charge in [0.15, 0.2) is 0 Å². The van der Waals surface area contributed by atoms with E-state index in [2.05, 4.69) is 34.4 Å². The van der Waals surface area contributed by atoms with Crippen LogP contribution in [-0.2, 0) is 0 Å². The molecule has 0 amide bonds. The van der Waals surface area contributed by atoms with Crippen molar-refractivity contribution in [2.45, 2.75) is 27.2 Å². The van der Waals surface area contributed by atoms with E-state index in [1.165, 1.54) is 0 Å². The highest BCUT2D eigenvalue weighted by Crippen LogP contribution is 2.26. The van der Waals surface area contributed by atoms with Crippen LogP contribution in [0.4, 0.5) is 17.3 Å². The fourth-order valence-corrected chi connectivity index (χ4v) is 2.00. The fourth-order valence-electron chi connectivity index (χ4n) is 2.00. The number of nitrogens with one attached hydrogen (secondary N) is 2. The van der Waals surface area contributed by atoms with E-state index < -0.39 is 0 Å². The molecular weight excluding hydrogens is 276 g/mol. The maximum absolute atomic E-state index is 5.61. The van der Waals surface area contributed by atoms with Crippen LogP contribution >= 0.6 is 0 Å². The van der Waals surface area contributed by atoms with Gasteiger partial charge in [0.1, 0.15) is 23.7 Å². The van der Waals surface area contributed by atoms with Crippen LogP contribution < -0.4 is 15.4 Å². The number of anilines is 3. The molecule has 1 heterocycles. The number of aromatic nitrogens is 2. The van der Waals surface area contributed by atoms with Gasteiger partial charge in [-0.15, -0.1) is 0 Å². The van der Waals surface area contributed by atoms with Gasteiger partial charge in [-0.3, -0.25) is 0 Å². The SMILES string of the molecule is CCOc1ccccc1Nc1cc(NCCC(C)C)ncn1. The van der Waals surface area contributed by atoms with Crippen LogP contribution in [0.1, 0.15) is 27.2 Å². The molecule has 1 aromatic carbocycles. The lowest BCUT2D eigenvalue weighted by atomic mass is 10.1. The predicted octanol–water partition coefficient (Wildman–Crippen LogP) is 4.08. The van der Waals surface area contributed by atoms with Crippen molar-refractivity contribution in [3.05, 3.63) is 36.7 Å². The summed E-state index contributed by atoms with van der Waals surface area (Å²) in [6, 6.07) is 9.74. The Kier molecular flexibility index (Phi) is 6.01. The van der Waals surface area contributed by atoms with Gasteiger partial charge in [0.05, 0.1) is 12.3 Å². The van der Waals surface area contributed by atoms with Gasteiger partial charge in [-0.25, -0.2) is 9.97 Å². The van der Waals surface area contributed by atoms with Crippen molar-refractivity contribution in [3.63, 3.8) is 0 Å². The molecule has 0 aliphatic carbocycles. The molecular formula is C17H24N4O. The van der Waals surface area contributed by atoms with Crippen molar-refractivity contribution in [1.82, 2.24) is 9.97 Å². The summed E-state index contributed by atoms with van der Waals surface area (Å²) in [6.45, 7) is 7.92. The van der Waals surface area contributed by atoms with Gasteiger partial charge < -0.3 is 15.4 Å². The third-order valence-electron chi connectivity index (χ3n) is 3.14. The molecule has 0 radical (unpaired) electrons. The van der Waals surface area contributed by atoms with Crippen molar-refractivity contribution in [2.75, 3.05) is 23.8 Å². The highest BCUT2D eigenvalue weighted by Gasteiger charge is 2.05. The van der Waals surface area contributed by atoms with Crippen LogP contribution in [0.2, 0.25) is 0 Å². The first-order valence-electron chi connectivity index (χ1n) is 7.73. The monoisotopic (exact) mass is 300 g/mol. The minimum atomic E-state index is 0.629. The average molecular weight is 300 g/mol. The summed E-state index contributed by atoms with van der Waals surface area (Å²) < 4.78 is 5.61. The van der Waals surface area contributed by atoms with Crippen LogP contribution in [0.15, 0.2) is 36.7 Å². The first-order chi connectivity index (χ1) is 10.7.